The maximum atomic E-state index is 9.41. The first kappa shape index (κ1) is 11.7. The van der Waals surface area contributed by atoms with Gasteiger partial charge in [0.1, 0.15) is 5.75 Å². The van der Waals surface area contributed by atoms with Gasteiger partial charge >= 0.3 is 0 Å². The molecule has 0 saturated carbocycles. The van der Waals surface area contributed by atoms with E-state index in [0.717, 1.165) is 5.56 Å². The molecule has 0 unspecified atom stereocenters. The summed E-state index contributed by atoms with van der Waals surface area (Å²) in [5, 5.41) is 24.5. The molecule has 1 aliphatic rings. The third-order valence-corrected chi connectivity index (χ3v) is 2.44. The zero-order valence-corrected chi connectivity index (χ0v) is 9.58. The second kappa shape index (κ2) is 5.01. The maximum Gasteiger partial charge on any atom is 0.222 e. The summed E-state index contributed by atoms with van der Waals surface area (Å²) in [5.41, 5.74) is 0.147. The van der Waals surface area contributed by atoms with Crippen molar-refractivity contribution in [3.05, 3.63) is 29.8 Å². The van der Waals surface area contributed by atoms with E-state index in [4.69, 9.17) is 4.74 Å². The van der Waals surface area contributed by atoms with Gasteiger partial charge in [0, 0.05) is 13.0 Å². The van der Waals surface area contributed by atoms with Crippen molar-refractivity contribution in [2.24, 2.45) is 20.7 Å². The standard InChI is InChI=1S/C11H14N4O2/c1-2-17-8-11(12-14-15-13-11)7-9-4-3-5-10(16)6-9/h3-6,16H,2,7-8H2,1H3. The molecule has 0 aliphatic carbocycles. The molecular formula is C11H14N4O2. The van der Waals surface area contributed by atoms with E-state index < -0.39 is 5.66 Å². The molecule has 0 bridgehead atoms. The molecule has 0 saturated heterocycles. The summed E-state index contributed by atoms with van der Waals surface area (Å²) >= 11 is 0. The predicted molar refractivity (Wildman–Crippen MR) is 60.7 cm³/mol. The van der Waals surface area contributed by atoms with E-state index >= 15 is 0 Å². The number of benzene rings is 1. The molecule has 6 heteroatoms. The fourth-order valence-electron chi connectivity index (χ4n) is 1.66. The quantitative estimate of drug-likeness (QED) is 0.849. The number of phenols is 1. The smallest absolute Gasteiger partial charge is 0.222 e. The number of rotatable bonds is 5. The van der Waals surface area contributed by atoms with Gasteiger partial charge in [-0.3, -0.25) is 0 Å². The number of ether oxygens (including phenoxy) is 1. The number of hydrogen-bond acceptors (Lipinski definition) is 6. The second-order valence-electron chi connectivity index (χ2n) is 3.85. The Morgan fingerprint density at radius 3 is 2.71 bits per heavy atom. The summed E-state index contributed by atoms with van der Waals surface area (Å²) in [6, 6.07) is 6.98. The van der Waals surface area contributed by atoms with Gasteiger partial charge in [-0.2, -0.15) is 0 Å². The Labute approximate surface area is 99.0 Å². The van der Waals surface area contributed by atoms with E-state index in [2.05, 4.69) is 20.7 Å². The van der Waals surface area contributed by atoms with Crippen LogP contribution in [0.2, 0.25) is 0 Å². The van der Waals surface area contributed by atoms with E-state index in [1.807, 2.05) is 13.0 Å². The number of nitrogens with zero attached hydrogens (tertiary/aromatic N) is 4. The van der Waals surface area contributed by atoms with Crippen molar-refractivity contribution in [3.63, 3.8) is 0 Å². The molecule has 0 fully saturated rings. The van der Waals surface area contributed by atoms with E-state index in [1.165, 1.54) is 0 Å². The molecule has 6 nitrogen and oxygen atoms in total. The SMILES string of the molecule is CCOCC1(Cc2cccc(O)c2)N=NN=N1. The van der Waals surface area contributed by atoms with Crippen molar-refractivity contribution < 1.29 is 9.84 Å². The highest BCUT2D eigenvalue weighted by Gasteiger charge is 2.33. The van der Waals surface area contributed by atoms with Gasteiger partial charge in [0.2, 0.25) is 5.66 Å². The van der Waals surface area contributed by atoms with Gasteiger partial charge in [-0.1, -0.05) is 12.1 Å². The van der Waals surface area contributed by atoms with Crippen LogP contribution in [0.4, 0.5) is 0 Å². The Kier molecular flexibility index (Phi) is 3.43. The highest BCUT2D eigenvalue weighted by molar-refractivity contribution is 5.28. The van der Waals surface area contributed by atoms with Gasteiger partial charge in [0.15, 0.2) is 0 Å². The lowest BCUT2D eigenvalue weighted by atomic mass is 10.0. The van der Waals surface area contributed by atoms with Gasteiger partial charge < -0.3 is 9.84 Å². The van der Waals surface area contributed by atoms with Crippen LogP contribution in [0, 0.1) is 0 Å². The van der Waals surface area contributed by atoms with Crippen LogP contribution in [0.3, 0.4) is 0 Å². The molecule has 0 spiro atoms. The highest BCUT2D eigenvalue weighted by atomic mass is 16.5. The van der Waals surface area contributed by atoms with Gasteiger partial charge in [-0.15, -0.1) is 10.2 Å². The Morgan fingerprint density at radius 1 is 1.29 bits per heavy atom. The molecule has 1 aromatic rings. The van der Waals surface area contributed by atoms with Crippen molar-refractivity contribution in [2.75, 3.05) is 13.2 Å². The minimum absolute atomic E-state index is 0.223. The molecule has 0 aromatic heterocycles. The van der Waals surface area contributed by atoms with E-state index in [9.17, 15) is 5.11 Å². The molecule has 90 valence electrons. The van der Waals surface area contributed by atoms with Gasteiger partial charge in [-0.25, -0.2) is 0 Å². The molecule has 0 amide bonds. The number of phenolic OH excluding ortho intramolecular Hbond substituents is 1. The molecule has 0 atom stereocenters. The predicted octanol–water partition coefficient (Wildman–Crippen LogP) is 2.50. The lowest BCUT2D eigenvalue weighted by Crippen LogP contribution is -2.31. The minimum Gasteiger partial charge on any atom is -0.508 e. The molecule has 1 aliphatic heterocycles. The van der Waals surface area contributed by atoms with Crippen LogP contribution in [0.1, 0.15) is 12.5 Å². The first-order valence-corrected chi connectivity index (χ1v) is 5.44. The summed E-state index contributed by atoms with van der Waals surface area (Å²) in [5.74, 6) is 0.223. The second-order valence-corrected chi connectivity index (χ2v) is 3.85. The fourth-order valence-corrected chi connectivity index (χ4v) is 1.66. The summed E-state index contributed by atoms with van der Waals surface area (Å²) in [4.78, 5) is 0. The van der Waals surface area contributed by atoms with Gasteiger partial charge in [-0.05, 0) is 35.1 Å². The van der Waals surface area contributed by atoms with Crippen molar-refractivity contribution in [2.45, 2.75) is 19.0 Å². The minimum atomic E-state index is -0.774. The summed E-state index contributed by atoms with van der Waals surface area (Å²) < 4.78 is 5.35. The molecule has 1 N–H and O–H groups in total. The third-order valence-electron chi connectivity index (χ3n) is 2.44. The third kappa shape index (κ3) is 2.85. The van der Waals surface area contributed by atoms with E-state index in [1.54, 1.807) is 18.2 Å². The van der Waals surface area contributed by atoms with E-state index in [-0.39, 0.29) is 5.75 Å². The first-order valence-electron chi connectivity index (χ1n) is 5.44. The molecule has 0 radical (unpaired) electrons. The Hall–Kier alpha value is -1.82. The highest BCUT2D eigenvalue weighted by Crippen LogP contribution is 2.26. The monoisotopic (exact) mass is 234 g/mol. The first-order chi connectivity index (χ1) is 8.24. The Bertz CT molecular complexity index is 433. The average Bonchev–Trinajstić information content (AvgIpc) is 2.75. The topological polar surface area (TPSA) is 78.9 Å². The fraction of sp³-hybridized carbons (Fsp3) is 0.455. The largest absolute Gasteiger partial charge is 0.508 e. The Morgan fingerprint density at radius 2 is 2.06 bits per heavy atom. The Balaban J connectivity index is 2.13. The average molecular weight is 234 g/mol. The lowest BCUT2D eigenvalue weighted by molar-refractivity contribution is 0.0972. The summed E-state index contributed by atoms with van der Waals surface area (Å²) in [7, 11) is 0. The summed E-state index contributed by atoms with van der Waals surface area (Å²) in [6.07, 6.45) is 0.508. The van der Waals surface area contributed by atoms with Crippen LogP contribution in [-0.4, -0.2) is 24.0 Å². The van der Waals surface area contributed by atoms with Crippen molar-refractivity contribution in [1.82, 2.24) is 0 Å². The van der Waals surface area contributed by atoms with Crippen LogP contribution >= 0.6 is 0 Å². The van der Waals surface area contributed by atoms with Gasteiger partial charge in [0.25, 0.3) is 0 Å². The van der Waals surface area contributed by atoms with Gasteiger partial charge in [0.05, 0.1) is 6.61 Å². The van der Waals surface area contributed by atoms with Crippen molar-refractivity contribution >= 4 is 0 Å². The number of aromatic hydroxyl groups is 1. The zero-order valence-electron chi connectivity index (χ0n) is 9.58. The zero-order chi connectivity index (χ0) is 12.1. The maximum absolute atomic E-state index is 9.41. The van der Waals surface area contributed by atoms with Crippen LogP contribution in [0.5, 0.6) is 5.75 Å². The van der Waals surface area contributed by atoms with E-state index in [0.29, 0.717) is 19.6 Å². The number of hydrogen-bond donors (Lipinski definition) is 1. The summed E-state index contributed by atoms with van der Waals surface area (Å²) in [6.45, 7) is 2.84. The molecule has 1 aromatic carbocycles. The van der Waals surface area contributed by atoms with Crippen LogP contribution in [0.15, 0.2) is 44.9 Å². The molecular weight excluding hydrogens is 220 g/mol. The lowest BCUT2D eigenvalue weighted by Gasteiger charge is -2.19. The normalized spacial score (nSPS) is 16.5. The van der Waals surface area contributed by atoms with Crippen molar-refractivity contribution in [3.8, 4) is 5.75 Å². The molecule has 17 heavy (non-hydrogen) atoms. The van der Waals surface area contributed by atoms with Crippen molar-refractivity contribution in [1.29, 1.82) is 0 Å². The molecule has 2 rings (SSSR count). The van der Waals surface area contributed by atoms with Crippen LogP contribution in [-0.2, 0) is 11.2 Å². The van der Waals surface area contributed by atoms with Crippen LogP contribution < -0.4 is 0 Å². The molecule has 1 heterocycles. The van der Waals surface area contributed by atoms with Crippen LogP contribution in [0.25, 0.3) is 0 Å².